The molecule has 1 saturated heterocycles. The molecule has 0 aliphatic carbocycles. The second-order valence-corrected chi connectivity index (χ2v) is 9.52. The van der Waals surface area contributed by atoms with Crippen LogP contribution in [-0.4, -0.2) is 75.2 Å². The molecule has 1 aromatic carbocycles. The summed E-state index contributed by atoms with van der Waals surface area (Å²) in [4.78, 5) is 28.1. The number of benzene rings is 1. The van der Waals surface area contributed by atoms with Crippen LogP contribution in [0.4, 0.5) is 28.9 Å². The van der Waals surface area contributed by atoms with E-state index in [0.717, 1.165) is 11.8 Å². The van der Waals surface area contributed by atoms with Gasteiger partial charge in [-0.3, -0.25) is 9.53 Å². The van der Waals surface area contributed by atoms with E-state index in [0.29, 0.717) is 24.3 Å². The van der Waals surface area contributed by atoms with Crippen LogP contribution in [0.15, 0.2) is 30.6 Å². The molecule has 2 atom stereocenters. The highest BCUT2D eigenvalue weighted by Crippen LogP contribution is 2.31. The number of piperazine rings is 1. The molecule has 5 rings (SSSR count). The number of anilines is 2. The quantitative estimate of drug-likeness (QED) is 0.258. The smallest absolute Gasteiger partial charge is 0.461 e. The second-order valence-electron chi connectivity index (χ2n) is 9.52. The molecule has 2 unspecified atom stereocenters. The van der Waals surface area contributed by atoms with Crippen molar-refractivity contribution in [1.29, 1.82) is 0 Å². The predicted octanol–water partition coefficient (Wildman–Crippen LogP) is 3.47. The van der Waals surface area contributed by atoms with Crippen LogP contribution in [0.25, 0.3) is 16.6 Å². The Kier molecular flexibility index (Phi) is 7.42. The first-order valence-electron chi connectivity index (χ1n) is 12.4. The number of carbonyl (C=O) groups excluding carboxylic acids is 1. The third-order valence-electron chi connectivity index (χ3n) is 6.18. The molecule has 0 saturated carbocycles. The molecule has 4 heterocycles. The Bertz CT molecular complexity index is 1550. The van der Waals surface area contributed by atoms with Crippen molar-refractivity contribution in [2.75, 3.05) is 36.5 Å². The predicted molar refractivity (Wildman–Crippen MR) is 137 cm³/mol. The zero-order valence-corrected chi connectivity index (χ0v) is 21.8. The second kappa shape index (κ2) is 10.8. The molecule has 1 aliphatic rings. The lowest BCUT2D eigenvalue weighted by atomic mass is 10.0. The van der Waals surface area contributed by atoms with Crippen LogP contribution >= 0.6 is 0 Å². The number of nitrogens with one attached hydrogen (secondary N) is 2. The Labute approximate surface area is 225 Å². The molecule has 1 fully saturated rings. The number of amides is 1. The summed E-state index contributed by atoms with van der Waals surface area (Å²) < 4.78 is 61.7. The number of rotatable bonds is 7. The van der Waals surface area contributed by atoms with E-state index in [1.807, 2.05) is 0 Å². The molecule has 11 nitrogen and oxygen atoms in total. The van der Waals surface area contributed by atoms with Crippen molar-refractivity contribution in [3.63, 3.8) is 0 Å². The standard InChI is InChI=1S/C25H26F4N8O3/c1-13-10-36(11-14(2)31-13)20-5-4-17(21-18(20)9-30-24(34-21)39-6-7-40-25(27,28)29)23(38)33-16-8-19(26)22-32-15(3)35-37(22)12-16/h4-5,8-9,12-14,31H,6-7,10-11H2,1-3H3,(H,33,38). The van der Waals surface area contributed by atoms with Gasteiger partial charge < -0.3 is 20.3 Å². The minimum Gasteiger partial charge on any atom is -0.461 e. The summed E-state index contributed by atoms with van der Waals surface area (Å²) in [5.74, 6) is -0.899. The number of aryl methyl sites for hydroxylation is 1. The highest BCUT2D eigenvalue weighted by molar-refractivity contribution is 6.13. The zero-order chi connectivity index (χ0) is 28.6. The number of ether oxygens (including phenoxy) is 2. The fraction of sp³-hybridized carbons (Fsp3) is 0.400. The number of nitrogens with zero attached hydrogens (tertiary/aromatic N) is 6. The lowest BCUT2D eigenvalue weighted by Crippen LogP contribution is -2.54. The molecule has 3 aromatic heterocycles. The average Bonchev–Trinajstić information content (AvgIpc) is 3.25. The van der Waals surface area contributed by atoms with Gasteiger partial charge in [-0.15, -0.1) is 13.2 Å². The third-order valence-corrected chi connectivity index (χ3v) is 6.18. The van der Waals surface area contributed by atoms with Crippen molar-refractivity contribution in [2.45, 2.75) is 39.2 Å². The number of hydrogen-bond donors (Lipinski definition) is 2. The topological polar surface area (TPSA) is 119 Å². The number of alkyl halides is 3. The van der Waals surface area contributed by atoms with Crippen molar-refractivity contribution >= 4 is 33.8 Å². The van der Waals surface area contributed by atoms with Crippen molar-refractivity contribution in [3.8, 4) is 6.01 Å². The van der Waals surface area contributed by atoms with Gasteiger partial charge in [-0.2, -0.15) is 10.1 Å². The summed E-state index contributed by atoms with van der Waals surface area (Å²) in [5, 5.41) is 10.7. The first-order valence-corrected chi connectivity index (χ1v) is 12.4. The van der Waals surface area contributed by atoms with Crippen LogP contribution in [0.2, 0.25) is 0 Å². The van der Waals surface area contributed by atoms with E-state index in [9.17, 15) is 22.4 Å². The Morgan fingerprint density at radius 1 is 1.18 bits per heavy atom. The monoisotopic (exact) mass is 562 g/mol. The van der Waals surface area contributed by atoms with Crippen molar-refractivity contribution in [1.82, 2.24) is 29.9 Å². The van der Waals surface area contributed by atoms with Gasteiger partial charge in [0.2, 0.25) is 0 Å². The number of carbonyl (C=O) groups is 1. The number of hydrogen-bond acceptors (Lipinski definition) is 9. The maximum Gasteiger partial charge on any atom is 0.522 e. The molecule has 0 bridgehead atoms. The van der Waals surface area contributed by atoms with E-state index < -0.39 is 31.3 Å². The van der Waals surface area contributed by atoms with Crippen LogP contribution in [0, 0.1) is 12.7 Å². The summed E-state index contributed by atoms with van der Waals surface area (Å²) in [6.07, 6.45) is -1.89. The third kappa shape index (κ3) is 6.04. The molecule has 0 spiro atoms. The summed E-state index contributed by atoms with van der Waals surface area (Å²) >= 11 is 0. The minimum atomic E-state index is -4.79. The van der Waals surface area contributed by atoms with Gasteiger partial charge in [0.25, 0.3) is 5.91 Å². The fourth-order valence-corrected chi connectivity index (χ4v) is 4.75. The highest BCUT2D eigenvalue weighted by Gasteiger charge is 2.29. The zero-order valence-electron chi connectivity index (χ0n) is 21.8. The number of halogens is 4. The Morgan fingerprint density at radius 2 is 1.93 bits per heavy atom. The maximum absolute atomic E-state index is 14.6. The van der Waals surface area contributed by atoms with Gasteiger partial charge in [0.15, 0.2) is 11.5 Å². The van der Waals surface area contributed by atoms with Crippen LogP contribution in [-0.2, 0) is 4.74 Å². The number of pyridine rings is 1. The van der Waals surface area contributed by atoms with E-state index in [4.69, 9.17) is 4.74 Å². The molecule has 1 amide bonds. The summed E-state index contributed by atoms with van der Waals surface area (Å²) in [6.45, 7) is 5.89. The van der Waals surface area contributed by atoms with Gasteiger partial charge in [-0.1, -0.05) is 0 Å². The SMILES string of the molecule is Cc1nc2c(F)cc(NC(=O)c3ccc(N4CC(C)NC(C)C4)c4cnc(OCCOC(F)(F)F)nc34)cn2n1. The van der Waals surface area contributed by atoms with Gasteiger partial charge in [0, 0.05) is 48.5 Å². The van der Waals surface area contributed by atoms with E-state index >= 15 is 0 Å². The molecule has 0 radical (unpaired) electrons. The van der Waals surface area contributed by atoms with E-state index in [-0.39, 0.29) is 40.5 Å². The molecule has 40 heavy (non-hydrogen) atoms. The van der Waals surface area contributed by atoms with Gasteiger partial charge in [-0.05, 0) is 32.9 Å². The van der Waals surface area contributed by atoms with Crippen LogP contribution in [0.3, 0.4) is 0 Å². The Morgan fingerprint density at radius 3 is 2.65 bits per heavy atom. The van der Waals surface area contributed by atoms with E-state index in [2.05, 4.69) is 54.2 Å². The van der Waals surface area contributed by atoms with Crippen molar-refractivity contribution in [2.24, 2.45) is 0 Å². The first-order chi connectivity index (χ1) is 19.0. The molecule has 15 heteroatoms. The highest BCUT2D eigenvalue weighted by atomic mass is 19.4. The molecule has 212 valence electrons. The van der Waals surface area contributed by atoms with E-state index in [1.54, 1.807) is 19.1 Å². The lowest BCUT2D eigenvalue weighted by Gasteiger charge is -2.38. The molecular formula is C25H26F4N8O3. The van der Waals surface area contributed by atoms with Crippen molar-refractivity contribution in [3.05, 3.63) is 47.8 Å². The summed E-state index contributed by atoms with van der Waals surface area (Å²) in [6, 6.07) is 4.67. The van der Waals surface area contributed by atoms with Crippen LogP contribution in [0.5, 0.6) is 6.01 Å². The summed E-state index contributed by atoms with van der Waals surface area (Å²) in [7, 11) is 0. The van der Waals surface area contributed by atoms with Crippen molar-refractivity contribution < 1.29 is 31.8 Å². The van der Waals surface area contributed by atoms with Gasteiger partial charge in [0.05, 0.1) is 29.6 Å². The molecular weight excluding hydrogens is 536 g/mol. The molecule has 1 aliphatic heterocycles. The van der Waals surface area contributed by atoms with Crippen LogP contribution in [0.1, 0.15) is 30.0 Å². The van der Waals surface area contributed by atoms with Crippen LogP contribution < -0.4 is 20.3 Å². The molecule has 2 N–H and O–H groups in total. The lowest BCUT2D eigenvalue weighted by molar-refractivity contribution is -0.325. The number of fused-ring (bicyclic) bond motifs is 2. The normalized spacial score (nSPS) is 17.9. The number of aromatic nitrogens is 5. The largest absolute Gasteiger partial charge is 0.522 e. The average molecular weight is 563 g/mol. The van der Waals surface area contributed by atoms with Gasteiger partial charge in [-0.25, -0.2) is 18.9 Å². The first kappa shape index (κ1) is 27.5. The summed E-state index contributed by atoms with van der Waals surface area (Å²) in [5.41, 5.74) is 1.28. The fourth-order valence-electron chi connectivity index (χ4n) is 4.75. The Balaban J connectivity index is 1.48. The van der Waals surface area contributed by atoms with Gasteiger partial charge in [0.1, 0.15) is 12.4 Å². The van der Waals surface area contributed by atoms with Gasteiger partial charge >= 0.3 is 12.4 Å². The molecule has 4 aromatic rings. The maximum atomic E-state index is 14.6. The Hall–Kier alpha value is -4.11. The van der Waals surface area contributed by atoms with E-state index in [1.165, 1.54) is 16.9 Å². The minimum absolute atomic E-state index is 0.0220.